The summed E-state index contributed by atoms with van der Waals surface area (Å²) in [7, 11) is -3.54. The van der Waals surface area contributed by atoms with E-state index in [1.165, 1.54) is 24.3 Å². The molecule has 0 unspecified atom stereocenters. The van der Waals surface area contributed by atoms with Crippen molar-refractivity contribution >= 4 is 32.9 Å². The zero-order valence-electron chi connectivity index (χ0n) is 14.6. The van der Waals surface area contributed by atoms with Crippen LogP contribution in [0.3, 0.4) is 0 Å². The molecule has 2 aromatic carbocycles. The molecule has 8 heteroatoms. The molecule has 0 aliphatic heterocycles. The molecule has 0 saturated carbocycles. The van der Waals surface area contributed by atoms with Gasteiger partial charge in [-0.25, -0.2) is 18.1 Å². The molecule has 2 N–H and O–H groups in total. The van der Waals surface area contributed by atoms with Gasteiger partial charge < -0.3 is 4.57 Å². The van der Waals surface area contributed by atoms with E-state index in [1.807, 2.05) is 35.8 Å². The number of amides is 1. The standard InChI is InChI=1S/C18H20N4O3S/c1-3-19-26(24,25)14-11-9-13(10-12-14)17(23)21-18-20-15-7-5-6-8-16(15)22(18)4-2/h5-12,19H,3-4H2,1-2H3,(H,20,21,23). The van der Waals surface area contributed by atoms with Crippen molar-refractivity contribution in [1.82, 2.24) is 14.3 Å². The summed E-state index contributed by atoms with van der Waals surface area (Å²) in [4.78, 5) is 17.1. The first-order valence-electron chi connectivity index (χ1n) is 8.32. The summed E-state index contributed by atoms with van der Waals surface area (Å²) in [6.07, 6.45) is 0. The molecule has 1 aromatic heterocycles. The van der Waals surface area contributed by atoms with E-state index in [9.17, 15) is 13.2 Å². The third kappa shape index (κ3) is 3.47. The number of fused-ring (bicyclic) bond motifs is 1. The van der Waals surface area contributed by atoms with Crippen LogP contribution in [0.5, 0.6) is 0 Å². The van der Waals surface area contributed by atoms with Crippen LogP contribution in [0.4, 0.5) is 5.95 Å². The molecule has 0 radical (unpaired) electrons. The van der Waals surface area contributed by atoms with E-state index in [4.69, 9.17) is 0 Å². The van der Waals surface area contributed by atoms with Crippen LogP contribution in [0.2, 0.25) is 0 Å². The third-order valence-corrected chi connectivity index (χ3v) is 5.52. The van der Waals surface area contributed by atoms with Crippen LogP contribution in [0.25, 0.3) is 11.0 Å². The summed E-state index contributed by atoms with van der Waals surface area (Å²) in [6, 6.07) is 13.4. The first-order valence-corrected chi connectivity index (χ1v) is 9.81. The molecular formula is C18H20N4O3S. The molecule has 0 atom stereocenters. The van der Waals surface area contributed by atoms with Crippen molar-refractivity contribution in [1.29, 1.82) is 0 Å². The monoisotopic (exact) mass is 372 g/mol. The number of hydrogen-bond acceptors (Lipinski definition) is 4. The van der Waals surface area contributed by atoms with Gasteiger partial charge in [0.25, 0.3) is 5.91 Å². The Morgan fingerprint density at radius 2 is 1.77 bits per heavy atom. The van der Waals surface area contributed by atoms with Gasteiger partial charge in [-0.3, -0.25) is 10.1 Å². The average molecular weight is 372 g/mol. The van der Waals surface area contributed by atoms with E-state index in [2.05, 4.69) is 15.0 Å². The second-order valence-electron chi connectivity index (χ2n) is 5.65. The molecule has 0 spiro atoms. The minimum Gasteiger partial charge on any atom is -0.310 e. The fourth-order valence-electron chi connectivity index (χ4n) is 2.72. The highest BCUT2D eigenvalue weighted by molar-refractivity contribution is 7.89. The SMILES string of the molecule is CCNS(=O)(=O)c1ccc(C(=O)Nc2nc3ccccc3n2CC)cc1. The Balaban J connectivity index is 1.85. The lowest BCUT2D eigenvalue weighted by Crippen LogP contribution is -2.23. The third-order valence-electron chi connectivity index (χ3n) is 3.96. The van der Waals surface area contributed by atoms with Crippen LogP contribution < -0.4 is 10.0 Å². The normalized spacial score (nSPS) is 11.6. The summed E-state index contributed by atoms with van der Waals surface area (Å²) >= 11 is 0. The average Bonchev–Trinajstić information content (AvgIpc) is 2.98. The quantitative estimate of drug-likeness (QED) is 0.695. The fraction of sp³-hybridized carbons (Fsp3) is 0.222. The fourth-order valence-corrected chi connectivity index (χ4v) is 3.76. The number of hydrogen-bond donors (Lipinski definition) is 2. The Bertz CT molecular complexity index is 1040. The number of nitrogens with one attached hydrogen (secondary N) is 2. The molecule has 3 rings (SSSR count). The molecular weight excluding hydrogens is 352 g/mol. The molecule has 7 nitrogen and oxygen atoms in total. The maximum absolute atomic E-state index is 12.5. The molecule has 136 valence electrons. The van der Waals surface area contributed by atoms with Gasteiger partial charge in [0.2, 0.25) is 16.0 Å². The van der Waals surface area contributed by atoms with Crippen LogP contribution in [-0.4, -0.2) is 30.4 Å². The van der Waals surface area contributed by atoms with Crippen molar-refractivity contribution in [2.45, 2.75) is 25.3 Å². The van der Waals surface area contributed by atoms with Gasteiger partial charge in [-0.05, 0) is 43.3 Å². The van der Waals surface area contributed by atoms with Crippen LogP contribution in [0.1, 0.15) is 24.2 Å². The number of carbonyl (C=O) groups is 1. The second-order valence-corrected chi connectivity index (χ2v) is 7.42. The highest BCUT2D eigenvalue weighted by Gasteiger charge is 2.16. The van der Waals surface area contributed by atoms with Crippen molar-refractivity contribution in [2.24, 2.45) is 0 Å². The molecule has 0 aliphatic rings. The van der Waals surface area contributed by atoms with Crippen molar-refractivity contribution < 1.29 is 13.2 Å². The number of para-hydroxylation sites is 2. The van der Waals surface area contributed by atoms with Gasteiger partial charge in [-0.1, -0.05) is 19.1 Å². The Morgan fingerprint density at radius 1 is 1.08 bits per heavy atom. The number of carbonyl (C=O) groups excluding carboxylic acids is 1. The molecule has 26 heavy (non-hydrogen) atoms. The van der Waals surface area contributed by atoms with Gasteiger partial charge in [0.05, 0.1) is 15.9 Å². The number of sulfonamides is 1. The lowest BCUT2D eigenvalue weighted by atomic mass is 10.2. The van der Waals surface area contributed by atoms with Crippen molar-refractivity contribution in [2.75, 3.05) is 11.9 Å². The number of aryl methyl sites for hydroxylation is 1. The van der Waals surface area contributed by atoms with Crippen LogP contribution >= 0.6 is 0 Å². The summed E-state index contributed by atoms with van der Waals surface area (Å²) < 4.78 is 28.3. The number of nitrogens with zero attached hydrogens (tertiary/aromatic N) is 2. The Morgan fingerprint density at radius 3 is 2.42 bits per heavy atom. The smallest absolute Gasteiger partial charge is 0.257 e. The molecule has 0 bridgehead atoms. The lowest BCUT2D eigenvalue weighted by Gasteiger charge is -2.08. The molecule has 0 fully saturated rings. The molecule has 1 heterocycles. The predicted molar refractivity (Wildman–Crippen MR) is 101 cm³/mol. The Kier molecular flexibility index (Phi) is 5.06. The Labute approximate surface area is 152 Å². The van der Waals surface area contributed by atoms with E-state index in [0.29, 0.717) is 24.6 Å². The van der Waals surface area contributed by atoms with E-state index >= 15 is 0 Å². The van der Waals surface area contributed by atoms with E-state index in [-0.39, 0.29) is 10.8 Å². The van der Waals surface area contributed by atoms with Gasteiger partial charge in [-0.15, -0.1) is 0 Å². The lowest BCUT2D eigenvalue weighted by molar-refractivity contribution is 0.102. The van der Waals surface area contributed by atoms with Crippen molar-refractivity contribution in [3.05, 3.63) is 54.1 Å². The predicted octanol–water partition coefficient (Wildman–Crippen LogP) is 2.61. The molecule has 0 saturated heterocycles. The van der Waals surface area contributed by atoms with Gasteiger partial charge >= 0.3 is 0 Å². The number of aromatic nitrogens is 2. The van der Waals surface area contributed by atoms with Crippen LogP contribution in [-0.2, 0) is 16.6 Å². The summed E-state index contributed by atoms with van der Waals surface area (Å²) in [5.41, 5.74) is 2.10. The first kappa shape index (κ1) is 18.1. The van der Waals surface area contributed by atoms with Crippen LogP contribution in [0.15, 0.2) is 53.4 Å². The van der Waals surface area contributed by atoms with E-state index in [1.54, 1.807) is 6.92 Å². The largest absolute Gasteiger partial charge is 0.310 e. The minimum absolute atomic E-state index is 0.122. The first-order chi connectivity index (χ1) is 12.5. The number of imidazole rings is 1. The summed E-state index contributed by atoms with van der Waals surface area (Å²) in [5, 5.41) is 2.80. The maximum Gasteiger partial charge on any atom is 0.257 e. The highest BCUT2D eigenvalue weighted by atomic mass is 32.2. The van der Waals surface area contributed by atoms with Crippen molar-refractivity contribution in [3.8, 4) is 0 Å². The molecule has 0 aliphatic carbocycles. The number of benzene rings is 2. The topological polar surface area (TPSA) is 93.1 Å². The zero-order chi connectivity index (χ0) is 18.7. The number of rotatable bonds is 6. The highest BCUT2D eigenvalue weighted by Crippen LogP contribution is 2.20. The van der Waals surface area contributed by atoms with E-state index in [0.717, 1.165) is 11.0 Å². The molecule has 3 aromatic rings. The summed E-state index contributed by atoms with van der Waals surface area (Å²) in [5.74, 6) is 0.116. The Hall–Kier alpha value is -2.71. The molecule has 1 amide bonds. The van der Waals surface area contributed by atoms with E-state index < -0.39 is 10.0 Å². The summed E-state index contributed by atoms with van der Waals surface area (Å²) in [6.45, 7) is 4.65. The van der Waals surface area contributed by atoms with Gasteiger partial charge in [0.1, 0.15) is 0 Å². The van der Waals surface area contributed by atoms with Crippen molar-refractivity contribution in [3.63, 3.8) is 0 Å². The van der Waals surface area contributed by atoms with Crippen LogP contribution in [0, 0.1) is 0 Å². The number of anilines is 1. The maximum atomic E-state index is 12.5. The van der Waals surface area contributed by atoms with Gasteiger partial charge in [0.15, 0.2) is 0 Å². The van der Waals surface area contributed by atoms with Gasteiger partial charge in [0, 0.05) is 18.7 Å². The minimum atomic E-state index is -3.54. The van der Waals surface area contributed by atoms with Gasteiger partial charge in [-0.2, -0.15) is 0 Å². The zero-order valence-corrected chi connectivity index (χ0v) is 15.4. The second kappa shape index (κ2) is 7.27.